The standard InChI is InChI=1S/C29H30N2O6S/c1-19(32)37-29(38-25-7-5-4-6-8-25)26(27(30)33)31(28(29)34)22(17-20-9-13-23(35-2)14-10-20)18-21-11-15-24(36-3)16-12-21/h4-16,22,26H,17-18H2,1-3H3,(H2,30,33). The van der Waals surface area contributed by atoms with Gasteiger partial charge in [0, 0.05) is 17.9 Å². The first-order valence-electron chi connectivity index (χ1n) is 12.1. The summed E-state index contributed by atoms with van der Waals surface area (Å²) < 4.78 is 16.1. The minimum atomic E-state index is -1.78. The Labute approximate surface area is 226 Å². The first-order valence-corrected chi connectivity index (χ1v) is 12.9. The highest BCUT2D eigenvalue weighted by molar-refractivity contribution is 8.01. The molecule has 1 fully saturated rings. The van der Waals surface area contributed by atoms with Crippen LogP contribution in [0.15, 0.2) is 83.8 Å². The lowest BCUT2D eigenvalue weighted by Crippen LogP contribution is -2.79. The summed E-state index contributed by atoms with van der Waals surface area (Å²) >= 11 is 1.03. The van der Waals surface area contributed by atoms with Crippen LogP contribution in [0.3, 0.4) is 0 Å². The molecule has 0 aromatic heterocycles. The summed E-state index contributed by atoms with van der Waals surface area (Å²) in [5.74, 6) is -0.470. The van der Waals surface area contributed by atoms with Gasteiger partial charge in [-0.05, 0) is 60.4 Å². The minimum Gasteiger partial charge on any atom is -0.497 e. The van der Waals surface area contributed by atoms with Gasteiger partial charge < -0.3 is 24.8 Å². The number of primary amides is 1. The van der Waals surface area contributed by atoms with E-state index in [2.05, 4.69) is 0 Å². The van der Waals surface area contributed by atoms with Crippen LogP contribution in [0.2, 0.25) is 0 Å². The number of amides is 2. The number of benzene rings is 3. The molecule has 1 aliphatic rings. The molecule has 8 nitrogen and oxygen atoms in total. The number of hydrogen-bond donors (Lipinski definition) is 1. The van der Waals surface area contributed by atoms with Crippen molar-refractivity contribution in [1.29, 1.82) is 0 Å². The molecule has 2 N–H and O–H groups in total. The van der Waals surface area contributed by atoms with Crippen molar-refractivity contribution in [1.82, 2.24) is 4.90 Å². The maximum atomic E-state index is 13.9. The van der Waals surface area contributed by atoms with Crippen LogP contribution in [-0.4, -0.2) is 53.9 Å². The number of esters is 1. The Balaban J connectivity index is 1.71. The van der Waals surface area contributed by atoms with E-state index in [0.29, 0.717) is 29.2 Å². The molecule has 198 valence electrons. The number of carbonyl (C=O) groups is 3. The second-order valence-electron chi connectivity index (χ2n) is 8.95. The van der Waals surface area contributed by atoms with Crippen LogP contribution in [0.5, 0.6) is 11.5 Å². The van der Waals surface area contributed by atoms with E-state index in [1.165, 1.54) is 11.8 Å². The van der Waals surface area contributed by atoms with Crippen LogP contribution >= 0.6 is 11.8 Å². The summed E-state index contributed by atoms with van der Waals surface area (Å²) in [5, 5.41) is 0. The molecule has 3 aromatic carbocycles. The first kappa shape index (κ1) is 27.1. The van der Waals surface area contributed by atoms with Gasteiger partial charge in [-0.3, -0.25) is 14.4 Å². The molecule has 38 heavy (non-hydrogen) atoms. The molecule has 0 aliphatic carbocycles. The van der Waals surface area contributed by atoms with Gasteiger partial charge in [0.05, 0.1) is 14.2 Å². The van der Waals surface area contributed by atoms with E-state index < -0.39 is 34.8 Å². The van der Waals surface area contributed by atoms with Gasteiger partial charge in [0.15, 0.2) is 6.04 Å². The summed E-state index contributed by atoms with van der Waals surface area (Å²) in [7, 11) is 3.19. The Morgan fingerprint density at radius 2 is 1.39 bits per heavy atom. The number of thioether (sulfide) groups is 1. The molecule has 2 amide bonds. The second kappa shape index (κ2) is 11.6. The van der Waals surface area contributed by atoms with Crippen molar-refractivity contribution in [2.75, 3.05) is 14.2 Å². The average Bonchev–Trinajstić information content (AvgIpc) is 2.91. The van der Waals surface area contributed by atoms with Crippen molar-refractivity contribution in [2.45, 2.75) is 41.7 Å². The van der Waals surface area contributed by atoms with Gasteiger partial charge >= 0.3 is 5.97 Å². The molecule has 9 heteroatoms. The number of ether oxygens (including phenoxy) is 3. The fraction of sp³-hybridized carbons (Fsp3) is 0.276. The fourth-order valence-corrected chi connectivity index (χ4v) is 6.00. The normalized spacial score (nSPS) is 18.6. The molecule has 0 saturated carbocycles. The number of likely N-dealkylation sites (tertiary alicyclic amines) is 1. The van der Waals surface area contributed by atoms with Crippen LogP contribution in [-0.2, 0) is 32.0 Å². The van der Waals surface area contributed by atoms with Crippen molar-refractivity contribution in [3.63, 3.8) is 0 Å². The van der Waals surface area contributed by atoms with E-state index in [4.69, 9.17) is 19.9 Å². The number of nitrogens with zero attached hydrogens (tertiary/aromatic N) is 1. The summed E-state index contributed by atoms with van der Waals surface area (Å²) in [6, 6.07) is 22.5. The number of β-lactam (4-membered cyclic amide) rings is 1. The number of hydrogen-bond acceptors (Lipinski definition) is 7. The van der Waals surface area contributed by atoms with E-state index >= 15 is 0 Å². The molecule has 4 rings (SSSR count). The van der Waals surface area contributed by atoms with E-state index in [0.717, 1.165) is 22.9 Å². The summed E-state index contributed by atoms with van der Waals surface area (Å²) in [5.41, 5.74) is 7.78. The van der Waals surface area contributed by atoms with Crippen LogP contribution in [0, 0.1) is 0 Å². The maximum Gasteiger partial charge on any atom is 0.304 e. The fourth-order valence-electron chi connectivity index (χ4n) is 4.67. The van der Waals surface area contributed by atoms with E-state index in [-0.39, 0.29) is 0 Å². The molecule has 1 heterocycles. The Morgan fingerprint density at radius 3 is 1.82 bits per heavy atom. The van der Waals surface area contributed by atoms with Gasteiger partial charge in [-0.1, -0.05) is 54.2 Å². The van der Waals surface area contributed by atoms with Gasteiger partial charge in [-0.15, -0.1) is 0 Å². The van der Waals surface area contributed by atoms with Crippen LogP contribution in [0.25, 0.3) is 0 Å². The first-order chi connectivity index (χ1) is 18.3. The third-order valence-electron chi connectivity index (χ3n) is 6.40. The van der Waals surface area contributed by atoms with Crippen molar-refractivity contribution in [3.05, 3.63) is 90.0 Å². The average molecular weight is 535 g/mol. The molecular weight excluding hydrogens is 504 g/mol. The molecule has 2 unspecified atom stereocenters. The Hall–Kier alpha value is -3.98. The second-order valence-corrected chi connectivity index (χ2v) is 10.2. The quantitative estimate of drug-likeness (QED) is 0.227. The maximum absolute atomic E-state index is 13.9. The van der Waals surface area contributed by atoms with Crippen LogP contribution in [0.4, 0.5) is 0 Å². The van der Waals surface area contributed by atoms with Gasteiger partial charge in [-0.25, -0.2) is 0 Å². The van der Waals surface area contributed by atoms with Gasteiger partial charge in [0.25, 0.3) is 10.8 Å². The van der Waals surface area contributed by atoms with Crippen molar-refractivity contribution < 1.29 is 28.6 Å². The molecule has 0 spiro atoms. The summed E-state index contributed by atoms with van der Waals surface area (Å²) in [6.07, 6.45) is 0.884. The lowest BCUT2D eigenvalue weighted by atomic mass is 9.88. The predicted molar refractivity (Wildman–Crippen MR) is 144 cm³/mol. The van der Waals surface area contributed by atoms with E-state index in [1.54, 1.807) is 38.5 Å². The monoisotopic (exact) mass is 534 g/mol. The number of rotatable bonds is 11. The summed E-state index contributed by atoms with van der Waals surface area (Å²) in [4.78, 5) is 39.3. The predicted octanol–water partition coefficient (Wildman–Crippen LogP) is 3.61. The number of methoxy groups -OCH3 is 2. The zero-order chi connectivity index (χ0) is 27.3. The Bertz CT molecular complexity index is 1230. The third kappa shape index (κ3) is 5.62. The molecule has 1 saturated heterocycles. The topological polar surface area (TPSA) is 108 Å². The van der Waals surface area contributed by atoms with Crippen LogP contribution in [0.1, 0.15) is 18.1 Å². The molecular formula is C29H30N2O6S. The minimum absolute atomic E-state index is 0.442. The number of nitrogens with two attached hydrogens (primary N) is 1. The molecule has 3 aromatic rings. The zero-order valence-corrected chi connectivity index (χ0v) is 22.3. The lowest BCUT2D eigenvalue weighted by Gasteiger charge is -2.55. The smallest absolute Gasteiger partial charge is 0.304 e. The van der Waals surface area contributed by atoms with E-state index in [1.807, 2.05) is 54.6 Å². The largest absolute Gasteiger partial charge is 0.497 e. The molecule has 0 bridgehead atoms. The number of carbonyl (C=O) groups excluding carboxylic acids is 3. The highest BCUT2D eigenvalue weighted by Gasteiger charge is 2.68. The highest BCUT2D eigenvalue weighted by Crippen LogP contribution is 2.49. The SMILES string of the molecule is COc1ccc(CC(Cc2ccc(OC)cc2)N2C(=O)C(OC(C)=O)(Sc3ccccc3)C2C(N)=O)cc1. The molecule has 0 radical (unpaired) electrons. The van der Waals surface area contributed by atoms with Crippen molar-refractivity contribution in [3.8, 4) is 11.5 Å². The highest BCUT2D eigenvalue weighted by atomic mass is 32.2. The van der Waals surface area contributed by atoms with Gasteiger partial charge in [-0.2, -0.15) is 0 Å². The van der Waals surface area contributed by atoms with Crippen molar-refractivity contribution >= 4 is 29.5 Å². The molecule has 2 atom stereocenters. The Kier molecular flexibility index (Phi) is 8.26. The van der Waals surface area contributed by atoms with Gasteiger partial charge in [0.2, 0.25) is 5.91 Å². The van der Waals surface area contributed by atoms with Crippen LogP contribution < -0.4 is 15.2 Å². The lowest BCUT2D eigenvalue weighted by molar-refractivity contribution is -0.194. The zero-order valence-electron chi connectivity index (χ0n) is 21.5. The molecule has 1 aliphatic heterocycles. The third-order valence-corrected chi connectivity index (χ3v) is 7.69. The van der Waals surface area contributed by atoms with Crippen molar-refractivity contribution in [2.24, 2.45) is 5.73 Å². The van der Waals surface area contributed by atoms with E-state index in [9.17, 15) is 14.4 Å². The van der Waals surface area contributed by atoms with Gasteiger partial charge in [0.1, 0.15) is 11.5 Å². The summed E-state index contributed by atoms with van der Waals surface area (Å²) in [6.45, 7) is 1.22. The Morgan fingerprint density at radius 1 is 0.895 bits per heavy atom.